The Morgan fingerprint density at radius 2 is 1.73 bits per heavy atom. The molecule has 1 aromatic heterocycles. The number of nitrogens with one attached hydrogen (secondary N) is 2. The lowest BCUT2D eigenvalue weighted by atomic mass is 10.1. The molecule has 3 rings (SSSR count). The van der Waals surface area contributed by atoms with E-state index in [4.69, 9.17) is 14.1 Å². The largest absolute Gasteiger partial charge is 0.497 e. The third-order valence-corrected chi connectivity index (χ3v) is 5.11. The Kier molecular flexibility index (Phi) is 8.94. The number of nitrogens with zero attached hydrogens (tertiary/aromatic N) is 2. The van der Waals surface area contributed by atoms with Gasteiger partial charge in [-0.15, -0.1) is 0 Å². The number of furan rings is 1. The highest BCUT2D eigenvalue weighted by atomic mass is 16.5. The molecular formula is C26H32N4O3. The van der Waals surface area contributed by atoms with E-state index in [-0.39, 0.29) is 5.91 Å². The molecule has 0 saturated carbocycles. The van der Waals surface area contributed by atoms with E-state index in [0.717, 1.165) is 41.4 Å². The Labute approximate surface area is 195 Å². The third-order valence-electron chi connectivity index (χ3n) is 5.11. The second-order valence-corrected chi connectivity index (χ2v) is 7.85. The molecule has 0 unspecified atom stereocenters. The standard InChI is InChI=1S/C26H32N4O3/c1-30(2)25(31)22-7-4-6-20(18-22)13-15-27-26(28-16-14-24-8-5-17-33-24)29-19-21-9-11-23(32-3)12-10-21/h4-12,17-18H,13-16,19H2,1-3H3,(H2,27,28,29). The lowest BCUT2D eigenvalue weighted by Crippen LogP contribution is -2.39. The van der Waals surface area contributed by atoms with Crippen molar-refractivity contribution >= 4 is 11.9 Å². The number of rotatable bonds is 10. The molecule has 1 amide bonds. The molecule has 0 aliphatic rings. The summed E-state index contributed by atoms with van der Waals surface area (Å²) >= 11 is 0. The van der Waals surface area contributed by atoms with E-state index in [2.05, 4.69) is 10.6 Å². The summed E-state index contributed by atoms with van der Waals surface area (Å²) in [6.45, 7) is 1.94. The highest BCUT2D eigenvalue weighted by Gasteiger charge is 2.08. The lowest BCUT2D eigenvalue weighted by Gasteiger charge is -2.14. The number of aliphatic imine (C=N–C) groups is 1. The first kappa shape index (κ1) is 23.9. The van der Waals surface area contributed by atoms with E-state index in [1.807, 2.05) is 60.7 Å². The van der Waals surface area contributed by atoms with Crippen molar-refractivity contribution in [2.75, 3.05) is 34.3 Å². The van der Waals surface area contributed by atoms with Crippen molar-refractivity contribution in [3.8, 4) is 5.75 Å². The van der Waals surface area contributed by atoms with Gasteiger partial charge in [0.1, 0.15) is 11.5 Å². The Bertz CT molecular complexity index is 1030. The highest BCUT2D eigenvalue weighted by Crippen LogP contribution is 2.12. The quantitative estimate of drug-likeness (QED) is 0.367. The molecule has 0 fully saturated rings. The third kappa shape index (κ3) is 7.71. The molecule has 33 heavy (non-hydrogen) atoms. The number of methoxy groups -OCH3 is 1. The number of amides is 1. The number of hydrogen-bond donors (Lipinski definition) is 2. The molecule has 0 bridgehead atoms. The van der Waals surface area contributed by atoms with Crippen molar-refractivity contribution in [3.05, 3.63) is 89.4 Å². The van der Waals surface area contributed by atoms with E-state index < -0.39 is 0 Å². The molecule has 2 aromatic carbocycles. The van der Waals surface area contributed by atoms with E-state index in [0.29, 0.717) is 25.2 Å². The molecule has 174 valence electrons. The minimum absolute atomic E-state index is 0.00569. The van der Waals surface area contributed by atoms with Gasteiger partial charge >= 0.3 is 0 Å². The van der Waals surface area contributed by atoms with Crippen LogP contribution in [0.25, 0.3) is 0 Å². The topological polar surface area (TPSA) is 79.1 Å². The first-order valence-corrected chi connectivity index (χ1v) is 11.0. The Morgan fingerprint density at radius 3 is 2.39 bits per heavy atom. The maximum absolute atomic E-state index is 12.2. The van der Waals surface area contributed by atoms with Crippen molar-refractivity contribution in [2.24, 2.45) is 4.99 Å². The van der Waals surface area contributed by atoms with Gasteiger partial charge in [0.2, 0.25) is 0 Å². The monoisotopic (exact) mass is 448 g/mol. The van der Waals surface area contributed by atoms with E-state index >= 15 is 0 Å². The van der Waals surface area contributed by atoms with Crippen LogP contribution in [0.15, 0.2) is 76.3 Å². The maximum Gasteiger partial charge on any atom is 0.253 e. The Morgan fingerprint density at radius 1 is 0.970 bits per heavy atom. The van der Waals surface area contributed by atoms with E-state index in [1.165, 1.54) is 0 Å². The molecule has 7 nitrogen and oxygen atoms in total. The first-order valence-electron chi connectivity index (χ1n) is 11.0. The summed E-state index contributed by atoms with van der Waals surface area (Å²) < 4.78 is 10.6. The zero-order valence-electron chi connectivity index (χ0n) is 19.5. The zero-order chi connectivity index (χ0) is 23.5. The number of hydrogen-bond acceptors (Lipinski definition) is 4. The van der Waals surface area contributed by atoms with Crippen molar-refractivity contribution < 1.29 is 13.9 Å². The highest BCUT2D eigenvalue weighted by molar-refractivity contribution is 5.94. The molecule has 7 heteroatoms. The predicted octanol–water partition coefficient (Wildman–Crippen LogP) is 3.51. The van der Waals surface area contributed by atoms with Crippen LogP contribution in [0.5, 0.6) is 5.75 Å². The summed E-state index contributed by atoms with van der Waals surface area (Å²) in [5.41, 5.74) is 2.89. The van der Waals surface area contributed by atoms with Crippen molar-refractivity contribution in [2.45, 2.75) is 19.4 Å². The molecule has 0 aliphatic heterocycles. The second kappa shape index (κ2) is 12.3. The fourth-order valence-corrected chi connectivity index (χ4v) is 3.28. The lowest BCUT2D eigenvalue weighted by molar-refractivity contribution is 0.0827. The number of benzene rings is 2. The second-order valence-electron chi connectivity index (χ2n) is 7.85. The molecule has 0 spiro atoms. The SMILES string of the molecule is COc1ccc(CN=C(NCCc2cccc(C(=O)N(C)C)c2)NCCc2ccco2)cc1. The number of ether oxygens (including phenoxy) is 1. The van der Waals surface area contributed by atoms with Gasteiger partial charge in [0.15, 0.2) is 5.96 Å². The van der Waals surface area contributed by atoms with Gasteiger partial charge in [0, 0.05) is 39.2 Å². The minimum atomic E-state index is 0.00569. The van der Waals surface area contributed by atoms with Crippen molar-refractivity contribution in [1.29, 1.82) is 0 Å². The predicted molar refractivity (Wildman–Crippen MR) is 131 cm³/mol. The normalized spacial score (nSPS) is 11.2. The van der Waals surface area contributed by atoms with Crippen LogP contribution in [0.3, 0.4) is 0 Å². The van der Waals surface area contributed by atoms with E-state index in [1.54, 1.807) is 32.4 Å². The van der Waals surface area contributed by atoms with Crippen LogP contribution in [0.2, 0.25) is 0 Å². The molecular weight excluding hydrogens is 416 g/mol. The average Bonchev–Trinajstić information content (AvgIpc) is 3.35. The maximum atomic E-state index is 12.2. The van der Waals surface area contributed by atoms with Crippen LogP contribution < -0.4 is 15.4 Å². The van der Waals surface area contributed by atoms with Crippen LogP contribution in [-0.4, -0.2) is 51.1 Å². The molecule has 0 atom stereocenters. The summed E-state index contributed by atoms with van der Waals surface area (Å²) in [6.07, 6.45) is 3.22. The molecule has 0 aliphatic carbocycles. The smallest absolute Gasteiger partial charge is 0.253 e. The number of carbonyl (C=O) groups is 1. The molecule has 1 heterocycles. The number of carbonyl (C=O) groups excluding carboxylic acids is 1. The van der Waals surface area contributed by atoms with Gasteiger partial charge in [-0.25, -0.2) is 4.99 Å². The number of guanidine groups is 1. The Balaban J connectivity index is 1.59. The molecule has 2 N–H and O–H groups in total. The summed E-state index contributed by atoms with van der Waals surface area (Å²) in [4.78, 5) is 18.5. The fourth-order valence-electron chi connectivity index (χ4n) is 3.28. The molecule has 3 aromatic rings. The first-order chi connectivity index (χ1) is 16.0. The van der Waals surface area contributed by atoms with Crippen LogP contribution in [0, 0.1) is 0 Å². The van der Waals surface area contributed by atoms with Gasteiger partial charge < -0.3 is 24.7 Å². The van der Waals surface area contributed by atoms with Gasteiger partial charge in [0.05, 0.1) is 19.9 Å². The van der Waals surface area contributed by atoms with Crippen LogP contribution in [-0.2, 0) is 19.4 Å². The van der Waals surface area contributed by atoms with Crippen molar-refractivity contribution in [1.82, 2.24) is 15.5 Å². The van der Waals surface area contributed by atoms with Gasteiger partial charge in [-0.2, -0.15) is 0 Å². The summed E-state index contributed by atoms with van der Waals surface area (Å²) in [6, 6.07) is 19.5. The summed E-state index contributed by atoms with van der Waals surface area (Å²) in [5.74, 6) is 2.50. The molecule has 0 radical (unpaired) electrons. The fraction of sp³-hybridized carbons (Fsp3) is 0.308. The Hall–Kier alpha value is -3.74. The van der Waals surface area contributed by atoms with Crippen molar-refractivity contribution in [3.63, 3.8) is 0 Å². The van der Waals surface area contributed by atoms with Gasteiger partial charge in [-0.3, -0.25) is 4.79 Å². The van der Waals surface area contributed by atoms with Gasteiger partial charge in [0.25, 0.3) is 5.91 Å². The average molecular weight is 449 g/mol. The summed E-state index contributed by atoms with van der Waals surface area (Å²) in [5, 5.41) is 6.78. The zero-order valence-corrected chi connectivity index (χ0v) is 19.5. The van der Waals surface area contributed by atoms with Gasteiger partial charge in [-0.1, -0.05) is 24.3 Å². The van der Waals surface area contributed by atoms with Crippen LogP contribution in [0.4, 0.5) is 0 Å². The van der Waals surface area contributed by atoms with Crippen LogP contribution in [0.1, 0.15) is 27.2 Å². The summed E-state index contributed by atoms with van der Waals surface area (Å²) in [7, 11) is 5.18. The molecule has 0 saturated heterocycles. The van der Waals surface area contributed by atoms with Gasteiger partial charge in [-0.05, 0) is 53.9 Å². The van der Waals surface area contributed by atoms with Crippen LogP contribution >= 0.6 is 0 Å². The minimum Gasteiger partial charge on any atom is -0.497 e. The van der Waals surface area contributed by atoms with E-state index in [9.17, 15) is 4.79 Å².